The summed E-state index contributed by atoms with van der Waals surface area (Å²) in [7, 11) is 1.64. The van der Waals surface area contributed by atoms with Crippen LogP contribution in [0.2, 0.25) is 0 Å². The number of thiazole rings is 1. The fourth-order valence-electron chi connectivity index (χ4n) is 4.68. The Labute approximate surface area is 204 Å². The topological polar surface area (TPSA) is 133 Å². The van der Waals surface area contributed by atoms with Crippen molar-refractivity contribution in [2.75, 3.05) is 37.5 Å². The molecule has 1 saturated carbocycles. The van der Waals surface area contributed by atoms with Gasteiger partial charge in [0.1, 0.15) is 16.9 Å². The number of methoxy groups -OCH3 is 1. The van der Waals surface area contributed by atoms with Gasteiger partial charge in [-0.25, -0.2) is 9.97 Å². The fraction of sp³-hybridized carbons (Fsp3) is 0.625. The molecule has 10 heteroatoms. The Morgan fingerprint density at radius 2 is 2.03 bits per heavy atom. The quantitative estimate of drug-likeness (QED) is 0.337. The Bertz CT molecular complexity index is 1010. The summed E-state index contributed by atoms with van der Waals surface area (Å²) >= 11 is 1.62. The highest BCUT2D eigenvalue weighted by Crippen LogP contribution is 2.39. The first-order valence-corrected chi connectivity index (χ1v) is 12.8. The van der Waals surface area contributed by atoms with E-state index in [-0.39, 0.29) is 12.5 Å². The van der Waals surface area contributed by atoms with Crippen LogP contribution in [0.1, 0.15) is 42.5 Å². The zero-order chi connectivity index (χ0) is 24.2. The van der Waals surface area contributed by atoms with Crippen LogP contribution in [0, 0.1) is 18.8 Å². The van der Waals surface area contributed by atoms with Crippen LogP contribution in [0.5, 0.6) is 0 Å². The minimum Gasteiger partial charge on any atom is -0.396 e. The Morgan fingerprint density at radius 3 is 2.74 bits per heavy atom. The molecule has 0 spiro atoms. The Kier molecular flexibility index (Phi) is 8.15. The third kappa shape index (κ3) is 5.26. The smallest absolute Gasteiger partial charge is 0.224 e. The minimum absolute atomic E-state index is 0.181. The number of hydrogen-bond donors (Lipinski definition) is 5. The lowest BCUT2D eigenvalue weighted by molar-refractivity contribution is 0.00446. The maximum Gasteiger partial charge on any atom is 0.224 e. The fourth-order valence-corrected chi connectivity index (χ4v) is 5.81. The number of hydrogen-bond acceptors (Lipinski definition) is 10. The molecule has 186 valence electrons. The molecule has 0 saturated heterocycles. The van der Waals surface area contributed by atoms with Crippen LogP contribution in [-0.4, -0.2) is 75.4 Å². The lowest BCUT2D eigenvalue weighted by Gasteiger charge is -2.21. The second kappa shape index (κ2) is 11.1. The highest BCUT2D eigenvalue weighted by molar-refractivity contribution is 7.16. The van der Waals surface area contributed by atoms with Crippen LogP contribution in [0.4, 0.5) is 11.8 Å². The average molecular weight is 490 g/mol. The molecule has 2 heterocycles. The second-order valence-corrected chi connectivity index (χ2v) is 10.2. The molecule has 0 amide bonds. The van der Waals surface area contributed by atoms with Crippen molar-refractivity contribution in [1.82, 2.24) is 15.0 Å². The van der Waals surface area contributed by atoms with E-state index >= 15 is 0 Å². The molecular formula is C24H35N5O4S. The molecule has 4 rings (SSSR count). The highest BCUT2D eigenvalue weighted by atomic mass is 32.1. The molecule has 0 radical (unpaired) electrons. The van der Waals surface area contributed by atoms with Crippen molar-refractivity contribution in [2.45, 2.75) is 57.8 Å². The monoisotopic (exact) mass is 489 g/mol. The van der Waals surface area contributed by atoms with Crippen molar-refractivity contribution in [2.24, 2.45) is 11.8 Å². The normalized spacial score (nSPS) is 26.4. The van der Waals surface area contributed by atoms with Crippen LogP contribution in [0.25, 0.3) is 16.6 Å². The standard InChI is InChI=1S/C24H35N5O4S/c1-4-14-6-5-7-18-16(10-14)28-23(34-18)19-13(2)26-24(25-8-9-33-3)29-22(19)27-17-11-15(12-30)20(31)21(17)32/h5,7,14-15,17,20-21,30-32H,4,6,8-12H2,1-3H3,(H2,25,26,27,29). The summed E-state index contributed by atoms with van der Waals surface area (Å²) in [5.41, 5.74) is 2.67. The molecule has 34 heavy (non-hydrogen) atoms. The van der Waals surface area contributed by atoms with E-state index in [1.54, 1.807) is 18.4 Å². The van der Waals surface area contributed by atoms with Gasteiger partial charge in [-0.15, -0.1) is 11.3 Å². The van der Waals surface area contributed by atoms with Gasteiger partial charge in [0, 0.05) is 26.2 Å². The molecule has 0 bridgehead atoms. The van der Waals surface area contributed by atoms with Gasteiger partial charge in [0.25, 0.3) is 0 Å². The van der Waals surface area contributed by atoms with Gasteiger partial charge in [-0.05, 0) is 38.2 Å². The van der Waals surface area contributed by atoms with Gasteiger partial charge in [-0.3, -0.25) is 0 Å². The third-order valence-corrected chi connectivity index (χ3v) is 7.86. The van der Waals surface area contributed by atoms with Gasteiger partial charge in [0.05, 0.1) is 40.6 Å². The van der Waals surface area contributed by atoms with Crippen LogP contribution in [0.15, 0.2) is 6.08 Å². The van der Waals surface area contributed by atoms with E-state index in [1.807, 2.05) is 6.92 Å². The largest absolute Gasteiger partial charge is 0.396 e. The van der Waals surface area contributed by atoms with E-state index in [0.29, 0.717) is 37.3 Å². The summed E-state index contributed by atoms with van der Waals surface area (Å²) in [6.07, 6.45) is 5.97. The van der Waals surface area contributed by atoms with Crippen LogP contribution >= 0.6 is 11.3 Å². The van der Waals surface area contributed by atoms with Crippen molar-refractivity contribution < 1.29 is 20.1 Å². The Hall–Kier alpha value is -2.11. The lowest BCUT2D eigenvalue weighted by atomic mass is 9.98. The van der Waals surface area contributed by atoms with E-state index < -0.39 is 18.2 Å². The maximum absolute atomic E-state index is 10.6. The number of nitrogens with one attached hydrogen (secondary N) is 2. The first-order valence-electron chi connectivity index (χ1n) is 12.0. The van der Waals surface area contributed by atoms with Gasteiger partial charge >= 0.3 is 0 Å². The number of ether oxygens (including phenoxy) is 1. The summed E-state index contributed by atoms with van der Waals surface area (Å²) < 4.78 is 5.12. The first kappa shape index (κ1) is 25.0. The predicted octanol–water partition coefficient (Wildman–Crippen LogP) is 2.47. The van der Waals surface area contributed by atoms with E-state index in [4.69, 9.17) is 14.7 Å². The molecule has 2 aliphatic rings. The number of aliphatic hydroxyl groups is 3. The number of nitrogens with zero attached hydrogens (tertiary/aromatic N) is 3. The molecule has 2 aromatic rings. The van der Waals surface area contributed by atoms with Crippen LogP contribution in [-0.2, 0) is 11.2 Å². The average Bonchev–Trinajstić information content (AvgIpc) is 3.25. The maximum atomic E-state index is 10.6. The number of aryl methyl sites for hydroxylation is 1. The minimum atomic E-state index is -1.01. The zero-order valence-electron chi connectivity index (χ0n) is 20.0. The Balaban J connectivity index is 1.70. The van der Waals surface area contributed by atoms with Gasteiger partial charge in [0.2, 0.25) is 5.95 Å². The number of aliphatic hydroxyl groups excluding tert-OH is 3. The number of anilines is 2. The number of allylic oxidation sites excluding steroid dienone is 1. The second-order valence-electron chi connectivity index (χ2n) is 9.13. The number of rotatable bonds is 9. The van der Waals surface area contributed by atoms with Gasteiger partial charge in [0.15, 0.2) is 0 Å². The molecule has 5 unspecified atom stereocenters. The highest BCUT2D eigenvalue weighted by Gasteiger charge is 2.41. The van der Waals surface area contributed by atoms with Crippen LogP contribution < -0.4 is 10.6 Å². The van der Waals surface area contributed by atoms with Crippen molar-refractivity contribution in [1.29, 1.82) is 0 Å². The molecule has 2 aromatic heterocycles. The van der Waals surface area contributed by atoms with E-state index in [2.05, 4.69) is 34.7 Å². The summed E-state index contributed by atoms with van der Waals surface area (Å²) in [6.45, 7) is 5.04. The number of aromatic nitrogens is 3. The molecule has 0 aromatic carbocycles. The van der Waals surface area contributed by atoms with E-state index in [0.717, 1.165) is 46.1 Å². The van der Waals surface area contributed by atoms with Crippen molar-refractivity contribution in [3.8, 4) is 10.6 Å². The van der Waals surface area contributed by atoms with Crippen LogP contribution in [0.3, 0.4) is 0 Å². The summed E-state index contributed by atoms with van der Waals surface area (Å²) in [5, 5.41) is 37.8. The number of fused-ring (bicyclic) bond motifs is 1. The van der Waals surface area contributed by atoms with Gasteiger partial charge < -0.3 is 30.7 Å². The third-order valence-electron chi connectivity index (χ3n) is 6.78. The summed E-state index contributed by atoms with van der Waals surface area (Å²) in [6, 6.07) is -0.450. The Morgan fingerprint density at radius 1 is 1.21 bits per heavy atom. The SMILES string of the molecule is CCC1CC=Cc2sc(-c3c(C)nc(NCCOC)nc3NC3CC(CO)C(O)C3O)nc2C1. The summed E-state index contributed by atoms with van der Waals surface area (Å²) in [5.74, 6) is 1.21. The van der Waals surface area contributed by atoms with E-state index in [1.165, 1.54) is 0 Å². The van der Waals surface area contributed by atoms with Gasteiger partial charge in [-0.1, -0.05) is 19.4 Å². The van der Waals surface area contributed by atoms with Gasteiger partial charge in [-0.2, -0.15) is 4.98 Å². The molecule has 9 nitrogen and oxygen atoms in total. The van der Waals surface area contributed by atoms with Crippen molar-refractivity contribution >= 4 is 29.2 Å². The molecule has 1 fully saturated rings. The lowest BCUT2D eigenvalue weighted by Crippen LogP contribution is -2.35. The van der Waals surface area contributed by atoms with E-state index in [9.17, 15) is 15.3 Å². The van der Waals surface area contributed by atoms with Crippen molar-refractivity contribution in [3.63, 3.8) is 0 Å². The first-order chi connectivity index (χ1) is 16.4. The zero-order valence-corrected chi connectivity index (χ0v) is 20.8. The molecular weight excluding hydrogens is 454 g/mol. The summed E-state index contributed by atoms with van der Waals surface area (Å²) in [4.78, 5) is 15.5. The molecule has 0 aliphatic heterocycles. The molecule has 2 aliphatic carbocycles. The predicted molar refractivity (Wildman–Crippen MR) is 134 cm³/mol. The molecule has 5 N–H and O–H groups in total. The molecule has 5 atom stereocenters. The van der Waals surface area contributed by atoms with Crippen molar-refractivity contribution in [3.05, 3.63) is 22.3 Å².